The number of aliphatic imine (C=N–C) groups is 1. The summed E-state index contributed by atoms with van der Waals surface area (Å²) in [6.45, 7) is 9.41. The molecule has 0 saturated carbocycles. The van der Waals surface area contributed by atoms with Gasteiger partial charge in [-0.15, -0.1) is 0 Å². The molecule has 0 unspecified atom stereocenters. The van der Waals surface area contributed by atoms with Crippen LogP contribution in [0.2, 0.25) is 0 Å². The Morgan fingerprint density at radius 1 is 1.24 bits per heavy atom. The van der Waals surface area contributed by atoms with E-state index >= 15 is 0 Å². The van der Waals surface area contributed by atoms with Gasteiger partial charge in [0.15, 0.2) is 11.8 Å². The van der Waals surface area contributed by atoms with Crippen molar-refractivity contribution in [3.05, 3.63) is 47.1 Å². The number of aryl methyl sites for hydroxylation is 2. The standard InChI is InChI=1S/C18H26N6O/c1-14-5-4-6-16(11-14)13-23-7-9-24(10-8-23)18(19-3)20-12-17-21-15(2)25-22-17/h4-6,11H,7-10,12-13H2,1-3H3,(H,19,20). The molecule has 1 aliphatic rings. The molecule has 0 aliphatic carbocycles. The van der Waals surface area contributed by atoms with Crippen LogP contribution >= 0.6 is 0 Å². The molecule has 25 heavy (non-hydrogen) atoms. The molecule has 1 aliphatic heterocycles. The Balaban J connectivity index is 1.48. The number of aromatic nitrogens is 2. The van der Waals surface area contributed by atoms with Crippen molar-refractivity contribution in [1.29, 1.82) is 0 Å². The van der Waals surface area contributed by atoms with Crippen molar-refractivity contribution in [2.75, 3.05) is 33.2 Å². The Morgan fingerprint density at radius 3 is 2.68 bits per heavy atom. The van der Waals surface area contributed by atoms with Crippen LogP contribution in [-0.2, 0) is 13.1 Å². The molecule has 1 N–H and O–H groups in total. The predicted molar refractivity (Wildman–Crippen MR) is 97.3 cm³/mol. The van der Waals surface area contributed by atoms with E-state index in [4.69, 9.17) is 4.52 Å². The molecular weight excluding hydrogens is 316 g/mol. The maximum Gasteiger partial charge on any atom is 0.223 e. The summed E-state index contributed by atoms with van der Waals surface area (Å²) < 4.78 is 4.99. The molecule has 7 nitrogen and oxygen atoms in total. The molecule has 2 aromatic rings. The number of piperazine rings is 1. The van der Waals surface area contributed by atoms with Crippen LogP contribution in [0.5, 0.6) is 0 Å². The van der Waals surface area contributed by atoms with E-state index in [1.54, 1.807) is 6.92 Å². The molecule has 0 bridgehead atoms. The molecular formula is C18H26N6O. The number of nitrogens with zero attached hydrogens (tertiary/aromatic N) is 5. The summed E-state index contributed by atoms with van der Waals surface area (Å²) in [7, 11) is 1.81. The van der Waals surface area contributed by atoms with E-state index in [-0.39, 0.29) is 0 Å². The van der Waals surface area contributed by atoms with E-state index in [1.807, 2.05) is 7.05 Å². The van der Waals surface area contributed by atoms with E-state index in [1.165, 1.54) is 11.1 Å². The van der Waals surface area contributed by atoms with Gasteiger partial charge in [0.05, 0.1) is 6.54 Å². The van der Waals surface area contributed by atoms with Gasteiger partial charge in [0.2, 0.25) is 5.89 Å². The van der Waals surface area contributed by atoms with Gasteiger partial charge in [0, 0.05) is 46.7 Å². The molecule has 2 heterocycles. The largest absolute Gasteiger partial charge is 0.349 e. The third-order valence-corrected chi connectivity index (χ3v) is 4.35. The summed E-state index contributed by atoms with van der Waals surface area (Å²) in [6, 6.07) is 8.74. The highest BCUT2D eigenvalue weighted by Gasteiger charge is 2.20. The summed E-state index contributed by atoms with van der Waals surface area (Å²) in [5.41, 5.74) is 2.70. The van der Waals surface area contributed by atoms with Crippen molar-refractivity contribution in [2.45, 2.75) is 26.9 Å². The normalized spacial score (nSPS) is 16.3. The van der Waals surface area contributed by atoms with E-state index in [2.05, 4.69) is 61.4 Å². The van der Waals surface area contributed by atoms with Crippen molar-refractivity contribution in [3.8, 4) is 0 Å². The smallest absolute Gasteiger partial charge is 0.223 e. The zero-order valence-electron chi connectivity index (χ0n) is 15.2. The van der Waals surface area contributed by atoms with Crippen molar-refractivity contribution >= 4 is 5.96 Å². The van der Waals surface area contributed by atoms with Gasteiger partial charge in [0.1, 0.15) is 0 Å². The number of hydrogen-bond acceptors (Lipinski definition) is 5. The van der Waals surface area contributed by atoms with Crippen LogP contribution in [0.15, 0.2) is 33.8 Å². The Bertz CT molecular complexity index is 718. The van der Waals surface area contributed by atoms with Crippen LogP contribution < -0.4 is 5.32 Å². The summed E-state index contributed by atoms with van der Waals surface area (Å²) in [4.78, 5) is 13.4. The second kappa shape index (κ2) is 8.11. The summed E-state index contributed by atoms with van der Waals surface area (Å²) in [5.74, 6) is 2.12. The lowest BCUT2D eigenvalue weighted by molar-refractivity contribution is 0.172. The van der Waals surface area contributed by atoms with E-state index in [0.717, 1.165) is 38.7 Å². The van der Waals surface area contributed by atoms with Crippen LogP contribution in [0, 0.1) is 13.8 Å². The van der Waals surface area contributed by atoms with Gasteiger partial charge in [-0.05, 0) is 12.5 Å². The van der Waals surface area contributed by atoms with Gasteiger partial charge < -0.3 is 14.7 Å². The highest BCUT2D eigenvalue weighted by atomic mass is 16.5. The van der Waals surface area contributed by atoms with Crippen molar-refractivity contribution in [2.24, 2.45) is 4.99 Å². The highest BCUT2D eigenvalue weighted by molar-refractivity contribution is 5.79. The van der Waals surface area contributed by atoms with Gasteiger partial charge in [0.25, 0.3) is 0 Å². The van der Waals surface area contributed by atoms with Crippen LogP contribution in [0.25, 0.3) is 0 Å². The first-order valence-corrected chi connectivity index (χ1v) is 8.67. The number of guanidine groups is 1. The Kier molecular flexibility index (Phi) is 5.65. The van der Waals surface area contributed by atoms with Crippen molar-refractivity contribution in [3.63, 3.8) is 0 Å². The average molecular weight is 342 g/mol. The monoisotopic (exact) mass is 342 g/mol. The topological polar surface area (TPSA) is 69.8 Å². The van der Waals surface area contributed by atoms with Crippen molar-refractivity contribution in [1.82, 2.24) is 25.3 Å². The Labute approximate surface area is 148 Å². The predicted octanol–water partition coefficient (Wildman–Crippen LogP) is 1.58. The van der Waals surface area contributed by atoms with Gasteiger partial charge in [-0.25, -0.2) is 0 Å². The van der Waals surface area contributed by atoms with Crippen LogP contribution in [0.1, 0.15) is 22.8 Å². The molecule has 0 atom stereocenters. The molecule has 1 fully saturated rings. The molecule has 0 spiro atoms. The quantitative estimate of drug-likeness (QED) is 0.672. The van der Waals surface area contributed by atoms with Gasteiger partial charge in [-0.3, -0.25) is 9.89 Å². The molecule has 0 amide bonds. The van der Waals surface area contributed by atoms with Gasteiger partial charge >= 0.3 is 0 Å². The van der Waals surface area contributed by atoms with Crippen LogP contribution in [0.4, 0.5) is 0 Å². The number of benzene rings is 1. The molecule has 1 saturated heterocycles. The Morgan fingerprint density at radius 2 is 2.04 bits per heavy atom. The summed E-state index contributed by atoms with van der Waals surface area (Å²) >= 11 is 0. The maximum absolute atomic E-state index is 4.99. The fourth-order valence-corrected chi connectivity index (χ4v) is 3.09. The lowest BCUT2D eigenvalue weighted by Crippen LogP contribution is -2.52. The lowest BCUT2D eigenvalue weighted by atomic mass is 10.1. The first-order chi connectivity index (χ1) is 12.1. The van der Waals surface area contributed by atoms with Crippen molar-refractivity contribution < 1.29 is 4.52 Å². The fraction of sp³-hybridized carbons (Fsp3) is 0.500. The van der Waals surface area contributed by atoms with E-state index in [9.17, 15) is 0 Å². The summed E-state index contributed by atoms with van der Waals surface area (Å²) in [5, 5.41) is 7.22. The minimum atomic E-state index is 0.521. The molecule has 0 radical (unpaired) electrons. The average Bonchev–Trinajstić information content (AvgIpc) is 3.02. The number of nitrogens with one attached hydrogen (secondary N) is 1. The van der Waals surface area contributed by atoms with Crippen LogP contribution in [-0.4, -0.2) is 59.1 Å². The van der Waals surface area contributed by atoms with E-state index in [0.29, 0.717) is 18.3 Å². The first kappa shape index (κ1) is 17.4. The minimum absolute atomic E-state index is 0.521. The molecule has 134 valence electrons. The molecule has 1 aromatic heterocycles. The van der Waals surface area contributed by atoms with Gasteiger partial charge in [-0.1, -0.05) is 35.0 Å². The third-order valence-electron chi connectivity index (χ3n) is 4.35. The maximum atomic E-state index is 4.99. The second-order valence-corrected chi connectivity index (χ2v) is 6.38. The fourth-order valence-electron chi connectivity index (χ4n) is 3.09. The van der Waals surface area contributed by atoms with E-state index < -0.39 is 0 Å². The Hall–Kier alpha value is -2.41. The number of hydrogen-bond donors (Lipinski definition) is 1. The number of rotatable bonds is 4. The lowest BCUT2D eigenvalue weighted by Gasteiger charge is -2.36. The second-order valence-electron chi connectivity index (χ2n) is 6.38. The summed E-state index contributed by atoms with van der Waals surface area (Å²) in [6.07, 6.45) is 0. The molecule has 1 aromatic carbocycles. The first-order valence-electron chi connectivity index (χ1n) is 8.67. The third kappa shape index (κ3) is 4.79. The SMILES string of the molecule is CN=C(NCc1noc(C)n1)N1CCN(Cc2cccc(C)c2)CC1. The minimum Gasteiger partial charge on any atom is -0.349 e. The van der Waals surface area contributed by atoms with Crippen LogP contribution in [0.3, 0.4) is 0 Å². The molecule has 3 rings (SSSR count). The van der Waals surface area contributed by atoms with Gasteiger partial charge in [-0.2, -0.15) is 4.98 Å². The highest BCUT2D eigenvalue weighted by Crippen LogP contribution is 2.10. The molecule has 7 heteroatoms. The zero-order valence-corrected chi connectivity index (χ0v) is 15.2. The zero-order chi connectivity index (χ0) is 17.6.